The summed E-state index contributed by atoms with van der Waals surface area (Å²) >= 11 is 0. The average Bonchev–Trinajstić information content (AvgIpc) is 2.75. The molecule has 1 aliphatic rings. The van der Waals surface area contributed by atoms with Gasteiger partial charge >= 0.3 is 5.97 Å². The molecule has 0 aromatic rings. The quantitative estimate of drug-likeness (QED) is 0.424. The van der Waals surface area contributed by atoms with Crippen LogP contribution < -0.4 is 0 Å². The van der Waals surface area contributed by atoms with Gasteiger partial charge in [-0.1, -0.05) is 25.7 Å². The van der Waals surface area contributed by atoms with E-state index in [1.807, 2.05) is 13.8 Å². The minimum atomic E-state index is -0.983. The van der Waals surface area contributed by atoms with E-state index in [2.05, 4.69) is 19.6 Å². The van der Waals surface area contributed by atoms with E-state index in [0.29, 0.717) is 5.92 Å². The maximum atomic E-state index is 11.0. The molecule has 16 heavy (non-hydrogen) atoms. The summed E-state index contributed by atoms with van der Waals surface area (Å²) in [7, 11) is -0.983. The first kappa shape index (κ1) is 13.5. The zero-order chi connectivity index (χ0) is 12.5. The molecule has 2 nitrogen and oxygen atoms in total. The first-order valence-electron chi connectivity index (χ1n) is 6.06. The van der Waals surface area contributed by atoms with Gasteiger partial charge in [-0.2, -0.15) is 0 Å². The number of hydrogen-bond donors (Lipinski definition) is 0. The van der Waals surface area contributed by atoms with Crippen LogP contribution in [0, 0.1) is 11.8 Å². The van der Waals surface area contributed by atoms with Crippen LogP contribution in [0.25, 0.3) is 0 Å². The number of allylic oxidation sites excluding steroid dienone is 2. The Morgan fingerprint density at radius 3 is 2.19 bits per heavy atom. The number of hydrogen-bond acceptors (Lipinski definition) is 2. The van der Waals surface area contributed by atoms with Crippen molar-refractivity contribution < 1.29 is 9.53 Å². The van der Waals surface area contributed by atoms with Gasteiger partial charge in [-0.3, -0.25) is 4.79 Å². The number of carbonyl (C=O) groups is 1. The highest BCUT2D eigenvalue weighted by atomic mass is 28.3. The van der Waals surface area contributed by atoms with E-state index >= 15 is 0 Å². The normalized spacial score (nSPS) is 23.9. The molecule has 2 unspecified atom stereocenters. The predicted molar refractivity (Wildman–Crippen MR) is 69.9 cm³/mol. The van der Waals surface area contributed by atoms with Crippen molar-refractivity contribution in [2.24, 2.45) is 11.8 Å². The van der Waals surface area contributed by atoms with Crippen LogP contribution in [-0.4, -0.2) is 14.0 Å². The minimum absolute atomic E-state index is 0.185. The van der Waals surface area contributed by atoms with Crippen LogP contribution in [0.1, 0.15) is 27.2 Å². The van der Waals surface area contributed by atoms with Crippen LogP contribution in [0.2, 0.25) is 25.7 Å². The lowest BCUT2D eigenvalue weighted by Gasteiger charge is -2.16. The summed E-state index contributed by atoms with van der Waals surface area (Å²) in [6.07, 6.45) is 1.21. The Morgan fingerprint density at radius 1 is 1.25 bits per heavy atom. The van der Waals surface area contributed by atoms with Crippen molar-refractivity contribution in [1.29, 1.82) is 0 Å². The summed E-state index contributed by atoms with van der Waals surface area (Å²) in [5.74, 6) is 2.03. The van der Waals surface area contributed by atoms with Crippen molar-refractivity contribution in [3.05, 3.63) is 11.3 Å². The molecule has 3 heteroatoms. The van der Waals surface area contributed by atoms with Crippen LogP contribution in [0.4, 0.5) is 0 Å². The molecule has 1 saturated carbocycles. The molecule has 0 aliphatic heterocycles. The monoisotopic (exact) mass is 240 g/mol. The summed E-state index contributed by atoms with van der Waals surface area (Å²) in [6, 6.07) is 1.34. The average molecular weight is 240 g/mol. The van der Waals surface area contributed by atoms with Crippen molar-refractivity contribution in [3.63, 3.8) is 0 Å². The van der Waals surface area contributed by atoms with E-state index in [4.69, 9.17) is 4.74 Å². The van der Waals surface area contributed by atoms with Crippen LogP contribution in [0.15, 0.2) is 11.3 Å². The highest BCUT2D eigenvalue weighted by Crippen LogP contribution is 2.50. The lowest BCUT2D eigenvalue weighted by atomic mass is 10.2. The van der Waals surface area contributed by atoms with Gasteiger partial charge in [0.25, 0.3) is 0 Å². The van der Waals surface area contributed by atoms with Gasteiger partial charge in [0.05, 0.1) is 0 Å². The fourth-order valence-corrected chi connectivity index (χ4v) is 4.31. The Hall–Kier alpha value is -0.573. The standard InChI is InChI=1S/C13H24O2Si/c1-9(2)13(15-10(3)14)12-7-11(12)8-16(4,5)6/h11-12H,7-8H2,1-6H3. The predicted octanol–water partition coefficient (Wildman–Crippen LogP) is 3.82. The van der Waals surface area contributed by atoms with Crippen LogP contribution in [-0.2, 0) is 9.53 Å². The molecule has 2 atom stereocenters. The maximum Gasteiger partial charge on any atom is 0.307 e. The van der Waals surface area contributed by atoms with Crippen LogP contribution in [0.3, 0.4) is 0 Å². The molecule has 0 N–H and O–H groups in total. The van der Waals surface area contributed by atoms with E-state index in [1.165, 1.54) is 19.4 Å². The maximum absolute atomic E-state index is 11.0. The number of rotatable bonds is 4. The highest BCUT2D eigenvalue weighted by molar-refractivity contribution is 6.76. The second-order valence-electron chi connectivity index (χ2n) is 6.32. The van der Waals surface area contributed by atoms with Gasteiger partial charge in [0.2, 0.25) is 0 Å². The molecule has 0 aromatic heterocycles. The first-order valence-corrected chi connectivity index (χ1v) is 9.77. The molecule has 1 rings (SSSR count). The summed E-state index contributed by atoms with van der Waals surface area (Å²) in [6.45, 7) is 12.7. The lowest BCUT2D eigenvalue weighted by molar-refractivity contribution is -0.137. The van der Waals surface area contributed by atoms with Gasteiger partial charge < -0.3 is 4.74 Å². The SMILES string of the molecule is CC(=O)OC(=C(C)C)C1CC1C[Si](C)(C)C. The first-order chi connectivity index (χ1) is 7.20. The van der Waals surface area contributed by atoms with Gasteiger partial charge in [0.15, 0.2) is 0 Å². The number of ether oxygens (including phenoxy) is 1. The Kier molecular flexibility index (Phi) is 4.00. The third-order valence-electron chi connectivity index (χ3n) is 2.88. The molecule has 1 fully saturated rings. The van der Waals surface area contributed by atoms with E-state index in [1.54, 1.807) is 0 Å². The third-order valence-corrected chi connectivity index (χ3v) is 4.63. The zero-order valence-corrected chi connectivity index (χ0v) is 12.4. The van der Waals surface area contributed by atoms with E-state index in [-0.39, 0.29) is 5.97 Å². The van der Waals surface area contributed by atoms with Crippen molar-refractivity contribution in [2.75, 3.05) is 0 Å². The molecule has 0 bridgehead atoms. The third kappa shape index (κ3) is 4.12. The van der Waals surface area contributed by atoms with Crippen LogP contribution >= 0.6 is 0 Å². The molecule has 0 heterocycles. The fourth-order valence-electron chi connectivity index (χ4n) is 2.28. The highest BCUT2D eigenvalue weighted by Gasteiger charge is 2.44. The molecule has 1 aliphatic carbocycles. The molecular formula is C13H24O2Si. The Balaban J connectivity index is 2.59. The second-order valence-corrected chi connectivity index (χ2v) is 11.9. The van der Waals surface area contributed by atoms with Crippen molar-refractivity contribution in [3.8, 4) is 0 Å². The summed E-state index contributed by atoms with van der Waals surface area (Å²) in [5, 5.41) is 0. The van der Waals surface area contributed by atoms with E-state index < -0.39 is 8.07 Å². The molecule has 0 amide bonds. The van der Waals surface area contributed by atoms with Gasteiger partial charge in [-0.15, -0.1) is 0 Å². The van der Waals surface area contributed by atoms with Gasteiger partial charge in [-0.05, 0) is 31.8 Å². The van der Waals surface area contributed by atoms with Crippen LogP contribution in [0.5, 0.6) is 0 Å². The molecule has 0 saturated heterocycles. The van der Waals surface area contributed by atoms with E-state index in [9.17, 15) is 4.79 Å². The van der Waals surface area contributed by atoms with Crippen molar-refractivity contribution in [1.82, 2.24) is 0 Å². The molecule has 0 aromatic carbocycles. The summed E-state index contributed by atoms with van der Waals surface area (Å²) in [5.41, 5.74) is 1.15. The number of carbonyl (C=O) groups excluding carboxylic acids is 1. The van der Waals surface area contributed by atoms with Gasteiger partial charge in [0, 0.05) is 20.9 Å². The van der Waals surface area contributed by atoms with Gasteiger partial charge in [-0.25, -0.2) is 0 Å². The molecule has 0 spiro atoms. The molecular weight excluding hydrogens is 216 g/mol. The second kappa shape index (κ2) is 4.74. The molecule has 0 radical (unpaired) electrons. The smallest absolute Gasteiger partial charge is 0.307 e. The largest absolute Gasteiger partial charge is 0.431 e. The fraction of sp³-hybridized carbons (Fsp3) is 0.769. The number of esters is 1. The van der Waals surface area contributed by atoms with Crippen molar-refractivity contribution in [2.45, 2.75) is 52.9 Å². The lowest BCUT2D eigenvalue weighted by Crippen LogP contribution is -2.20. The minimum Gasteiger partial charge on any atom is -0.431 e. The Bertz CT molecular complexity index is 308. The van der Waals surface area contributed by atoms with E-state index in [0.717, 1.165) is 17.3 Å². The summed E-state index contributed by atoms with van der Waals surface area (Å²) < 4.78 is 5.34. The Labute approximate surface area is 100 Å². The Morgan fingerprint density at radius 2 is 1.81 bits per heavy atom. The van der Waals surface area contributed by atoms with Gasteiger partial charge in [0.1, 0.15) is 5.76 Å². The molecule has 92 valence electrons. The topological polar surface area (TPSA) is 26.3 Å². The zero-order valence-electron chi connectivity index (χ0n) is 11.4. The van der Waals surface area contributed by atoms with Crippen molar-refractivity contribution >= 4 is 14.0 Å². The summed E-state index contributed by atoms with van der Waals surface area (Å²) in [4.78, 5) is 11.0.